The van der Waals surface area contributed by atoms with Crippen molar-refractivity contribution in [2.45, 2.75) is 13.0 Å². The van der Waals surface area contributed by atoms with E-state index in [0.29, 0.717) is 5.75 Å². The molecule has 0 aliphatic rings. The lowest BCUT2D eigenvalue weighted by Crippen LogP contribution is -2.40. The highest BCUT2D eigenvalue weighted by Gasteiger charge is 2.14. The van der Waals surface area contributed by atoms with Crippen LogP contribution >= 0.6 is 0 Å². The molecule has 0 saturated heterocycles. The number of para-hydroxylation sites is 1. The topological polar surface area (TPSA) is 75.6 Å². The minimum Gasteiger partial charge on any atom is -0.483 e. The maximum absolute atomic E-state index is 11.7. The maximum Gasteiger partial charge on any atom is 0.325 e. The molecule has 0 radical (unpaired) electrons. The molecule has 1 amide bonds. The second-order valence-electron chi connectivity index (χ2n) is 4.78. The van der Waals surface area contributed by atoms with Gasteiger partial charge in [-0.3, -0.25) is 9.59 Å². The number of amides is 1. The van der Waals surface area contributed by atoms with Crippen LogP contribution in [0.3, 0.4) is 0 Å². The number of carbonyl (C=O) groups is 2. The second kappa shape index (κ2) is 7.26. The van der Waals surface area contributed by atoms with Crippen molar-refractivity contribution in [1.29, 1.82) is 0 Å². The molecule has 0 spiro atoms. The molecule has 0 heterocycles. The fourth-order valence-corrected chi connectivity index (χ4v) is 1.94. The summed E-state index contributed by atoms with van der Waals surface area (Å²) in [5.41, 5.74) is 1.86. The molecule has 0 bridgehead atoms. The molecule has 0 aliphatic heterocycles. The molecule has 114 valence electrons. The Hall–Kier alpha value is -2.82. The van der Waals surface area contributed by atoms with Crippen molar-refractivity contribution in [1.82, 2.24) is 5.32 Å². The molecule has 0 fully saturated rings. The van der Waals surface area contributed by atoms with Gasteiger partial charge in [0.15, 0.2) is 6.61 Å². The monoisotopic (exact) mass is 299 g/mol. The predicted molar refractivity (Wildman–Crippen MR) is 82.6 cm³/mol. The number of aliphatic carboxylic acids is 1. The fourth-order valence-electron chi connectivity index (χ4n) is 1.94. The lowest BCUT2D eigenvalue weighted by Gasteiger charge is -2.13. The first-order valence-electron chi connectivity index (χ1n) is 6.87. The van der Waals surface area contributed by atoms with Crippen LogP contribution in [0.2, 0.25) is 0 Å². The minimum atomic E-state index is -1.09. The van der Waals surface area contributed by atoms with Crippen molar-refractivity contribution >= 4 is 11.9 Å². The van der Waals surface area contributed by atoms with Crippen molar-refractivity contribution in [3.05, 3.63) is 54.6 Å². The molecule has 5 nitrogen and oxygen atoms in total. The number of benzene rings is 2. The summed E-state index contributed by atoms with van der Waals surface area (Å²) in [5.74, 6) is -0.984. The van der Waals surface area contributed by atoms with E-state index in [0.717, 1.165) is 11.1 Å². The lowest BCUT2D eigenvalue weighted by atomic mass is 10.1. The van der Waals surface area contributed by atoms with Crippen LogP contribution in [-0.2, 0) is 9.59 Å². The van der Waals surface area contributed by atoms with E-state index in [9.17, 15) is 9.59 Å². The van der Waals surface area contributed by atoms with Crippen LogP contribution in [0, 0.1) is 0 Å². The lowest BCUT2D eigenvalue weighted by molar-refractivity contribution is -0.141. The largest absolute Gasteiger partial charge is 0.483 e. The molecular formula is C17H17NO4. The van der Waals surface area contributed by atoms with Gasteiger partial charge in [-0.25, -0.2) is 0 Å². The number of carbonyl (C=O) groups excluding carboxylic acids is 1. The van der Waals surface area contributed by atoms with Gasteiger partial charge in [0.2, 0.25) is 0 Å². The van der Waals surface area contributed by atoms with Gasteiger partial charge in [0.1, 0.15) is 11.8 Å². The highest BCUT2D eigenvalue weighted by molar-refractivity contribution is 5.84. The zero-order chi connectivity index (χ0) is 15.9. The second-order valence-corrected chi connectivity index (χ2v) is 4.78. The number of nitrogens with one attached hydrogen (secondary N) is 1. The molecule has 2 aromatic carbocycles. The van der Waals surface area contributed by atoms with E-state index in [1.165, 1.54) is 6.92 Å². The Morgan fingerprint density at radius 3 is 2.41 bits per heavy atom. The average molecular weight is 299 g/mol. The molecule has 2 rings (SSSR count). The zero-order valence-electron chi connectivity index (χ0n) is 12.2. The fraction of sp³-hybridized carbons (Fsp3) is 0.176. The number of hydrogen-bond donors (Lipinski definition) is 2. The van der Waals surface area contributed by atoms with Crippen LogP contribution in [0.15, 0.2) is 54.6 Å². The van der Waals surface area contributed by atoms with Gasteiger partial charge in [0.25, 0.3) is 5.91 Å². The van der Waals surface area contributed by atoms with Crippen molar-refractivity contribution in [3.63, 3.8) is 0 Å². The van der Waals surface area contributed by atoms with E-state index in [2.05, 4.69) is 5.32 Å². The Morgan fingerprint density at radius 2 is 1.73 bits per heavy atom. The summed E-state index contributed by atoms with van der Waals surface area (Å²) in [5, 5.41) is 11.1. The maximum atomic E-state index is 11.7. The van der Waals surface area contributed by atoms with Gasteiger partial charge in [0.05, 0.1) is 0 Å². The summed E-state index contributed by atoms with van der Waals surface area (Å²) in [7, 11) is 0. The van der Waals surface area contributed by atoms with Crippen molar-refractivity contribution < 1.29 is 19.4 Å². The van der Waals surface area contributed by atoms with Crippen LogP contribution in [0.25, 0.3) is 11.1 Å². The third-order valence-electron chi connectivity index (χ3n) is 3.08. The Balaban J connectivity index is 2.05. The molecule has 22 heavy (non-hydrogen) atoms. The van der Waals surface area contributed by atoms with Gasteiger partial charge >= 0.3 is 5.97 Å². The molecular weight excluding hydrogens is 282 g/mol. The average Bonchev–Trinajstić information content (AvgIpc) is 2.54. The van der Waals surface area contributed by atoms with Gasteiger partial charge in [-0.15, -0.1) is 0 Å². The Labute approximate surface area is 128 Å². The molecule has 0 aromatic heterocycles. The number of hydrogen-bond acceptors (Lipinski definition) is 3. The number of carboxylic acids is 1. The van der Waals surface area contributed by atoms with Gasteiger partial charge in [-0.2, -0.15) is 0 Å². The SMILES string of the molecule is CC(NC(=O)COc1ccccc1-c1ccccc1)C(=O)O. The van der Waals surface area contributed by atoms with Crippen molar-refractivity contribution in [2.24, 2.45) is 0 Å². The van der Waals surface area contributed by atoms with Crippen LogP contribution in [0.5, 0.6) is 5.75 Å². The van der Waals surface area contributed by atoms with Gasteiger partial charge in [-0.05, 0) is 18.6 Å². The standard InChI is InChI=1S/C17H17NO4/c1-12(17(20)21)18-16(19)11-22-15-10-6-5-9-14(15)13-7-3-2-4-8-13/h2-10,12H,11H2,1H3,(H,18,19)(H,20,21). The minimum absolute atomic E-state index is 0.235. The molecule has 0 saturated carbocycles. The first-order chi connectivity index (χ1) is 10.6. The van der Waals surface area contributed by atoms with E-state index < -0.39 is 17.9 Å². The van der Waals surface area contributed by atoms with Crippen LogP contribution in [-0.4, -0.2) is 29.6 Å². The summed E-state index contributed by atoms with van der Waals surface area (Å²) >= 11 is 0. The van der Waals surface area contributed by atoms with E-state index in [1.807, 2.05) is 48.5 Å². The smallest absolute Gasteiger partial charge is 0.325 e. The Kier molecular flexibility index (Phi) is 5.14. The van der Waals surface area contributed by atoms with Crippen LogP contribution in [0.1, 0.15) is 6.92 Å². The van der Waals surface area contributed by atoms with Gasteiger partial charge in [-0.1, -0.05) is 48.5 Å². The van der Waals surface area contributed by atoms with E-state index >= 15 is 0 Å². The zero-order valence-corrected chi connectivity index (χ0v) is 12.2. The first kappa shape index (κ1) is 15.6. The first-order valence-corrected chi connectivity index (χ1v) is 6.87. The van der Waals surface area contributed by atoms with Crippen LogP contribution < -0.4 is 10.1 Å². The summed E-state index contributed by atoms with van der Waals surface area (Å²) in [6, 6.07) is 16.1. The highest BCUT2D eigenvalue weighted by Crippen LogP contribution is 2.29. The molecule has 1 atom stereocenters. The quantitative estimate of drug-likeness (QED) is 0.858. The van der Waals surface area contributed by atoms with E-state index in [4.69, 9.17) is 9.84 Å². The summed E-state index contributed by atoms with van der Waals surface area (Å²) in [6.07, 6.45) is 0. The molecule has 2 N–H and O–H groups in total. The molecule has 1 unspecified atom stereocenters. The normalized spacial score (nSPS) is 11.5. The summed E-state index contributed by atoms with van der Waals surface area (Å²) in [4.78, 5) is 22.4. The molecule has 2 aromatic rings. The Morgan fingerprint density at radius 1 is 1.09 bits per heavy atom. The molecule has 0 aliphatic carbocycles. The Bertz CT molecular complexity index is 655. The van der Waals surface area contributed by atoms with E-state index in [-0.39, 0.29) is 6.61 Å². The number of ether oxygens (including phenoxy) is 1. The summed E-state index contributed by atoms with van der Waals surface area (Å²) < 4.78 is 5.53. The van der Waals surface area contributed by atoms with Crippen molar-refractivity contribution in [2.75, 3.05) is 6.61 Å². The third-order valence-corrected chi connectivity index (χ3v) is 3.08. The number of carboxylic acid groups (broad SMARTS) is 1. The van der Waals surface area contributed by atoms with Gasteiger partial charge in [0, 0.05) is 5.56 Å². The summed E-state index contributed by atoms with van der Waals surface area (Å²) in [6.45, 7) is 1.17. The van der Waals surface area contributed by atoms with E-state index in [1.54, 1.807) is 6.07 Å². The highest BCUT2D eigenvalue weighted by atomic mass is 16.5. The predicted octanol–water partition coefficient (Wildman–Crippen LogP) is 2.32. The number of rotatable bonds is 6. The van der Waals surface area contributed by atoms with Crippen molar-refractivity contribution in [3.8, 4) is 16.9 Å². The third kappa shape index (κ3) is 4.09. The van der Waals surface area contributed by atoms with Gasteiger partial charge < -0.3 is 15.2 Å². The van der Waals surface area contributed by atoms with Crippen LogP contribution in [0.4, 0.5) is 0 Å². The molecule has 5 heteroatoms.